The number of amides is 2. The van der Waals surface area contributed by atoms with Crippen LogP contribution in [0.3, 0.4) is 0 Å². The molecule has 0 fully saturated rings. The predicted octanol–water partition coefficient (Wildman–Crippen LogP) is -2.73. The molecule has 0 aromatic heterocycles. The van der Waals surface area contributed by atoms with Crippen molar-refractivity contribution < 1.29 is 19.8 Å². The zero-order valence-electron chi connectivity index (χ0n) is 5.73. The van der Waals surface area contributed by atoms with Crippen molar-refractivity contribution in [3.8, 4) is 0 Å². The molecule has 6 N–H and O–H groups in total. The smallest absolute Gasteiger partial charge is 0.226 e. The van der Waals surface area contributed by atoms with Crippen LogP contribution in [0.15, 0.2) is 0 Å². The number of carbonyl (C=O) groups is 2. The fourth-order valence-electron chi connectivity index (χ4n) is 0.570. The number of carbonyl (C=O) groups excluding carboxylic acids is 2. The topological polar surface area (TPSA) is 127 Å². The first-order valence-electron chi connectivity index (χ1n) is 2.89. The van der Waals surface area contributed by atoms with Crippen LogP contribution in [-0.4, -0.2) is 28.3 Å². The van der Waals surface area contributed by atoms with Crippen molar-refractivity contribution in [2.75, 3.05) is 0 Å². The van der Waals surface area contributed by atoms with E-state index in [1.165, 1.54) is 0 Å². The monoisotopic (exact) mass is 162 g/mol. The van der Waals surface area contributed by atoms with E-state index >= 15 is 0 Å². The summed E-state index contributed by atoms with van der Waals surface area (Å²) in [5, 5.41) is 17.0. The fourth-order valence-corrected chi connectivity index (χ4v) is 0.570. The Morgan fingerprint density at radius 2 is 1.73 bits per heavy atom. The Morgan fingerprint density at radius 1 is 1.27 bits per heavy atom. The molecular formula is C5H10N2O4. The molecule has 6 nitrogen and oxygen atoms in total. The van der Waals surface area contributed by atoms with Crippen molar-refractivity contribution in [2.24, 2.45) is 17.4 Å². The Balaban J connectivity index is 4.12. The van der Waals surface area contributed by atoms with Crippen LogP contribution >= 0.6 is 0 Å². The van der Waals surface area contributed by atoms with E-state index in [1.54, 1.807) is 0 Å². The summed E-state index contributed by atoms with van der Waals surface area (Å²) in [5.74, 6) is -3.08. The molecule has 0 rings (SSSR count). The van der Waals surface area contributed by atoms with E-state index in [-0.39, 0.29) is 0 Å². The Kier molecular flexibility index (Phi) is 3.49. The van der Waals surface area contributed by atoms with E-state index in [1.807, 2.05) is 0 Å². The van der Waals surface area contributed by atoms with Gasteiger partial charge in [0.25, 0.3) is 0 Å². The number of primary amides is 2. The number of aliphatic hydroxyl groups is 2. The molecule has 1 unspecified atom stereocenters. The highest BCUT2D eigenvalue weighted by Crippen LogP contribution is 2.04. The number of rotatable bonds is 4. The highest BCUT2D eigenvalue weighted by molar-refractivity contribution is 5.84. The van der Waals surface area contributed by atoms with Crippen LogP contribution in [0.2, 0.25) is 0 Å². The fraction of sp³-hybridized carbons (Fsp3) is 0.600. The lowest BCUT2D eigenvalue weighted by atomic mass is 10.0. The van der Waals surface area contributed by atoms with Gasteiger partial charge in [0.15, 0.2) is 6.29 Å². The molecule has 0 aliphatic heterocycles. The molecular weight excluding hydrogens is 152 g/mol. The maximum absolute atomic E-state index is 10.4. The van der Waals surface area contributed by atoms with Crippen LogP contribution in [0.4, 0.5) is 0 Å². The van der Waals surface area contributed by atoms with E-state index in [0.717, 1.165) is 0 Å². The number of nitrogens with two attached hydrogens (primary N) is 2. The minimum atomic E-state index is -1.93. The molecule has 0 bridgehead atoms. The highest BCUT2D eigenvalue weighted by Gasteiger charge is 2.24. The molecule has 0 aromatic carbocycles. The molecule has 0 aliphatic carbocycles. The quantitative estimate of drug-likeness (QED) is 0.335. The Labute approximate surface area is 62.8 Å². The molecule has 0 heterocycles. The molecule has 2 amide bonds. The Morgan fingerprint density at radius 3 is 1.82 bits per heavy atom. The summed E-state index contributed by atoms with van der Waals surface area (Å²) in [6, 6.07) is 0. The molecule has 0 radical (unpaired) electrons. The molecule has 0 aromatic rings. The van der Waals surface area contributed by atoms with Gasteiger partial charge in [-0.05, 0) is 0 Å². The maximum Gasteiger partial charge on any atom is 0.226 e. The predicted molar refractivity (Wildman–Crippen MR) is 34.7 cm³/mol. The minimum absolute atomic E-state index is 0.451. The van der Waals surface area contributed by atoms with Crippen LogP contribution in [0, 0.1) is 5.92 Å². The number of hydrogen-bond acceptors (Lipinski definition) is 4. The third-order valence-electron chi connectivity index (χ3n) is 1.15. The molecule has 0 spiro atoms. The summed E-state index contributed by atoms with van der Waals surface area (Å²) in [6.45, 7) is 0. The summed E-state index contributed by atoms with van der Waals surface area (Å²) in [4.78, 5) is 20.6. The first-order valence-corrected chi connectivity index (χ1v) is 2.89. The van der Waals surface area contributed by atoms with Gasteiger partial charge < -0.3 is 21.7 Å². The number of hydrogen-bond donors (Lipinski definition) is 4. The van der Waals surface area contributed by atoms with Crippen molar-refractivity contribution in [1.29, 1.82) is 0 Å². The van der Waals surface area contributed by atoms with Gasteiger partial charge in [0.05, 0.1) is 5.92 Å². The maximum atomic E-state index is 10.4. The van der Waals surface area contributed by atoms with Crippen molar-refractivity contribution in [1.82, 2.24) is 0 Å². The first kappa shape index (κ1) is 9.86. The van der Waals surface area contributed by atoms with E-state index in [9.17, 15) is 9.59 Å². The van der Waals surface area contributed by atoms with Crippen LogP contribution in [0.5, 0.6) is 0 Å². The normalized spacial score (nSPS) is 13.0. The average molecular weight is 162 g/mol. The lowest BCUT2D eigenvalue weighted by Gasteiger charge is -2.12. The van der Waals surface area contributed by atoms with Gasteiger partial charge in [-0.25, -0.2) is 0 Å². The molecule has 0 aliphatic rings. The minimum Gasteiger partial charge on any atom is -0.370 e. The van der Waals surface area contributed by atoms with Crippen LogP contribution in [0.25, 0.3) is 0 Å². The van der Waals surface area contributed by atoms with E-state index < -0.39 is 30.4 Å². The molecule has 11 heavy (non-hydrogen) atoms. The van der Waals surface area contributed by atoms with Gasteiger partial charge in [0, 0.05) is 6.42 Å². The molecule has 0 saturated heterocycles. The van der Waals surface area contributed by atoms with Crippen molar-refractivity contribution in [3.63, 3.8) is 0 Å². The van der Waals surface area contributed by atoms with Gasteiger partial charge >= 0.3 is 0 Å². The van der Waals surface area contributed by atoms with Gasteiger partial charge in [0.2, 0.25) is 11.8 Å². The lowest BCUT2D eigenvalue weighted by Crippen LogP contribution is -2.36. The van der Waals surface area contributed by atoms with Crippen molar-refractivity contribution in [2.45, 2.75) is 12.7 Å². The zero-order chi connectivity index (χ0) is 9.02. The summed E-state index contributed by atoms with van der Waals surface area (Å²) < 4.78 is 0. The third kappa shape index (κ3) is 3.54. The van der Waals surface area contributed by atoms with Crippen molar-refractivity contribution >= 4 is 11.8 Å². The van der Waals surface area contributed by atoms with Gasteiger partial charge in [-0.15, -0.1) is 0 Å². The molecule has 0 saturated carbocycles. The van der Waals surface area contributed by atoms with Crippen molar-refractivity contribution in [3.05, 3.63) is 0 Å². The van der Waals surface area contributed by atoms with Crippen LogP contribution < -0.4 is 11.5 Å². The zero-order valence-corrected chi connectivity index (χ0v) is 5.73. The van der Waals surface area contributed by atoms with Crippen LogP contribution in [-0.2, 0) is 9.59 Å². The van der Waals surface area contributed by atoms with E-state index in [4.69, 9.17) is 21.7 Å². The Bertz CT molecular complexity index is 168. The summed E-state index contributed by atoms with van der Waals surface area (Å²) in [6.07, 6.45) is -2.38. The van der Waals surface area contributed by atoms with Gasteiger partial charge in [-0.3, -0.25) is 9.59 Å². The second kappa shape index (κ2) is 3.89. The third-order valence-corrected chi connectivity index (χ3v) is 1.15. The van der Waals surface area contributed by atoms with Gasteiger partial charge in [-0.1, -0.05) is 0 Å². The second-order valence-electron chi connectivity index (χ2n) is 2.09. The first-order chi connectivity index (χ1) is 4.95. The lowest BCUT2D eigenvalue weighted by molar-refractivity contribution is -0.143. The standard InChI is InChI=1S/C5H10N2O4/c6-3(8)1-2(4(7)9)5(10)11/h2,5,10-11H,1H2,(H2,6,8)(H2,7,9). The average Bonchev–Trinajstić information content (AvgIpc) is 1.81. The van der Waals surface area contributed by atoms with E-state index in [0.29, 0.717) is 0 Å². The SMILES string of the molecule is NC(=O)CC(C(N)=O)C(O)O. The molecule has 1 atom stereocenters. The molecule has 64 valence electrons. The molecule has 6 heteroatoms. The van der Waals surface area contributed by atoms with Gasteiger partial charge in [0.1, 0.15) is 0 Å². The Hall–Kier alpha value is -1.14. The summed E-state index contributed by atoms with van der Waals surface area (Å²) in [7, 11) is 0. The van der Waals surface area contributed by atoms with Gasteiger partial charge in [-0.2, -0.15) is 0 Å². The second-order valence-corrected chi connectivity index (χ2v) is 2.09. The van der Waals surface area contributed by atoms with E-state index in [2.05, 4.69) is 0 Å². The highest BCUT2D eigenvalue weighted by atomic mass is 16.5. The summed E-state index contributed by atoms with van der Waals surface area (Å²) in [5.41, 5.74) is 9.42. The summed E-state index contributed by atoms with van der Waals surface area (Å²) >= 11 is 0. The van der Waals surface area contributed by atoms with Crippen LogP contribution in [0.1, 0.15) is 6.42 Å². The largest absolute Gasteiger partial charge is 0.370 e. The number of aliphatic hydroxyl groups excluding tert-OH is 1.